The Kier molecular flexibility index (Phi) is 5.25. The van der Waals surface area contributed by atoms with Crippen molar-refractivity contribution in [2.45, 2.75) is 6.54 Å². The molecule has 0 aliphatic rings. The Labute approximate surface area is 89.6 Å². The standard InChI is InChI=1S/C11H16N2O2/c1-15-11(14)13-8-7-12-9-10-5-3-2-4-6-10/h2-6,12H,7-9H2,1H3,(H,13,14). The highest BCUT2D eigenvalue weighted by Gasteiger charge is 1.95. The predicted molar refractivity (Wildman–Crippen MR) is 58.6 cm³/mol. The monoisotopic (exact) mass is 208 g/mol. The summed E-state index contributed by atoms with van der Waals surface area (Å²) in [6.07, 6.45) is -0.392. The van der Waals surface area contributed by atoms with E-state index < -0.39 is 6.09 Å². The summed E-state index contributed by atoms with van der Waals surface area (Å²) in [5.74, 6) is 0. The average Bonchev–Trinajstić information content (AvgIpc) is 2.29. The van der Waals surface area contributed by atoms with Crippen LogP contribution in [0, 0.1) is 0 Å². The zero-order valence-corrected chi connectivity index (χ0v) is 8.82. The molecular formula is C11H16N2O2. The third-order valence-corrected chi connectivity index (χ3v) is 1.93. The molecule has 4 nitrogen and oxygen atoms in total. The lowest BCUT2D eigenvalue weighted by molar-refractivity contribution is 0.171. The minimum Gasteiger partial charge on any atom is -0.453 e. The fourth-order valence-corrected chi connectivity index (χ4v) is 1.15. The lowest BCUT2D eigenvalue weighted by Crippen LogP contribution is -2.31. The summed E-state index contributed by atoms with van der Waals surface area (Å²) in [6, 6.07) is 10.1. The van der Waals surface area contributed by atoms with Crippen LogP contribution in [0.15, 0.2) is 30.3 Å². The van der Waals surface area contributed by atoms with Crippen molar-refractivity contribution in [3.63, 3.8) is 0 Å². The maximum Gasteiger partial charge on any atom is 0.406 e. The van der Waals surface area contributed by atoms with E-state index in [4.69, 9.17) is 0 Å². The van der Waals surface area contributed by atoms with E-state index >= 15 is 0 Å². The molecule has 15 heavy (non-hydrogen) atoms. The summed E-state index contributed by atoms with van der Waals surface area (Å²) >= 11 is 0. The van der Waals surface area contributed by atoms with E-state index in [2.05, 4.69) is 27.5 Å². The van der Waals surface area contributed by atoms with Crippen LogP contribution < -0.4 is 10.6 Å². The van der Waals surface area contributed by atoms with Crippen LogP contribution in [0.5, 0.6) is 0 Å². The molecule has 0 atom stereocenters. The van der Waals surface area contributed by atoms with Crippen molar-refractivity contribution in [2.24, 2.45) is 0 Å². The average molecular weight is 208 g/mol. The van der Waals surface area contributed by atoms with E-state index in [-0.39, 0.29) is 0 Å². The van der Waals surface area contributed by atoms with Gasteiger partial charge in [-0.1, -0.05) is 30.3 Å². The van der Waals surface area contributed by atoms with Gasteiger partial charge in [-0.05, 0) is 5.56 Å². The van der Waals surface area contributed by atoms with Crippen molar-refractivity contribution in [1.29, 1.82) is 0 Å². The molecule has 2 N–H and O–H groups in total. The molecule has 0 aliphatic carbocycles. The Morgan fingerprint density at radius 2 is 2.00 bits per heavy atom. The molecule has 1 rings (SSSR count). The van der Waals surface area contributed by atoms with Crippen molar-refractivity contribution in [3.05, 3.63) is 35.9 Å². The number of ether oxygens (including phenoxy) is 1. The van der Waals surface area contributed by atoms with Gasteiger partial charge in [-0.2, -0.15) is 0 Å². The second-order valence-electron chi connectivity index (χ2n) is 3.08. The van der Waals surface area contributed by atoms with Gasteiger partial charge < -0.3 is 15.4 Å². The van der Waals surface area contributed by atoms with Gasteiger partial charge in [0.05, 0.1) is 7.11 Å². The van der Waals surface area contributed by atoms with E-state index in [1.165, 1.54) is 12.7 Å². The maximum atomic E-state index is 10.7. The maximum absolute atomic E-state index is 10.7. The summed E-state index contributed by atoms with van der Waals surface area (Å²) in [6.45, 7) is 2.10. The first-order chi connectivity index (χ1) is 7.33. The first kappa shape index (κ1) is 11.5. The number of carbonyl (C=O) groups excluding carboxylic acids is 1. The molecule has 0 unspecified atom stereocenters. The largest absolute Gasteiger partial charge is 0.453 e. The van der Waals surface area contributed by atoms with Crippen LogP contribution in [-0.4, -0.2) is 26.3 Å². The highest BCUT2D eigenvalue weighted by molar-refractivity contribution is 5.66. The van der Waals surface area contributed by atoms with Crippen molar-refractivity contribution >= 4 is 6.09 Å². The number of carbonyl (C=O) groups is 1. The van der Waals surface area contributed by atoms with Gasteiger partial charge in [-0.3, -0.25) is 0 Å². The van der Waals surface area contributed by atoms with E-state index in [1.54, 1.807) is 0 Å². The Morgan fingerprint density at radius 1 is 1.27 bits per heavy atom. The van der Waals surface area contributed by atoms with Crippen LogP contribution in [0.4, 0.5) is 4.79 Å². The summed E-state index contributed by atoms with van der Waals surface area (Å²) < 4.78 is 4.44. The Hall–Kier alpha value is -1.55. The van der Waals surface area contributed by atoms with Gasteiger partial charge in [0, 0.05) is 19.6 Å². The molecular weight excluding hydrogens is 192 g/mol. The summed E-state index contributed by atoms with van der Waals surface area (Å²) in [5, 5.41) is 5.81. The lowest BCUT2D eigenvalue weighted by Gasteiger charge is -2.05. The highest BCUT2D eigenvalue weighted by Crippen LogP contribution is 1.96. The normalized spacial score (nSPS) is 9.67. The molecule has 0 saturated heterocycles. The molecule has 1 aromatic carbocycles. The Bertz CT molecular complexity index is 288. The minimum absolute atomic E-state index is 0.392. The second-order valence-corrected chi connectivity index (χ2v) is 3.08. The third-order valence-electron chi connectivity index (χ3n) is 1.93. The molecule has 0 heterocycles. The van der Waals surface area contributed by atoms with Gasteiger partial charge in [0.1, 0.15) is 0 Å². The first-order valence-electron chi connectivity index (χ1n) is 4.89. The van der Waals surface area contributed by atoms with E-state index in [0.29, 0.717) is 6.54 Å². The SMILES string of the molecule is COC(=O)NCCNCc1ccccc1. The fourth-order valence-electron chi connectivity index (χ4n) is 1.15. The zero-order chi connectivity index (χ0) is 10.9. The Morgan fingerprint density at radius 3 is 2.67 bits per heavy atom. The van der Waals surface area contributed by atoms with Crippen molar-refractivity contribution < 1.29 is 9.53 Å². The van der Waals surface area contributed by atoms with Crippen LogP contribution in [0.2, 0.25) is 0 Å². The quantitative estimate of drug-likeness (QED) is 0.713. The van der Waals surface area contributed by atoms with Crippen LogP contribution in [0.3, 0.4) is 0 Å². The van der Waals surface area contributed by atoms with Gasteiger partial charge in [-0.15, -0.1) is 0 Å². The van der Waals surface area contributed by atoms with Crippen LogP contribution in [0.25, 0.3) is 0 Å². The van der Waals surface area contributed by atoms with Gasteiger partial charge in [0.15, 0.2) is 0 Å². The highest BCUT2D eigenvalue weighted by atomic mass is 16.5. The molecule has 82 valence electrons. The van der Waals surface area contributed by atoms with Crippen LogP contribution >= 0.6 is 0 Å². The molecule has 0 aromatic heterocycles. The summed E-state index contributed by atoms with van der Waals surface area (Å²) in [7, 11) is 1.35. The minimum atomic E-state index is -0.392. The van der Waals surface area contributed by atoms with Crippen molar-refractivity contribution in [3.8, 4) is 0 Å². The molecule has 1 aromatic rings. The molecule has 0 spiro atoms. The molecule has 0 saturated carbocycles. The molecule has 0 radical (unpaired) electrons. The number of amides is 1. The number of hydrogen-bond donors (Lipinski definition) is 2. The fraction of sp³-hybridized carbons (Fsp3) is 0.364. The summed E-state index contributed by atoms with van der Waals surface area (Å²) in [4.78, 5) is 10.7. The third kappa shape index (κ3) is 5.02. The Balaban J connectivity index is 2.05. The van der Waals surface area contributed by atoms with Gasteiger partial charge >= 0.3 is 6.09 Å². The van der Waals surface area contributed by atoms with E-state index in [9.17, 15) is 4.79 Å². The molecule has 0 fully saturated rings. The van der Waals surface area contributed by atoms with Crippen LogP contribution in [0.1, 0.15) is 5.56 Å². The number of alkyl carbamates (subject to hydrolysis) is 1. The molecule has 1 amide bonds. The van der Waals surface area contributed by atoms with Gasteiger partial charge in [0.25, 0.3) is 0 Å². The number of hydrogen-bond acceptors (Lipinski definition) is 3. The van der Waals surface area contributed by atoms with Gasteiger partial charge in [-0.25, -0.2) is 4.79 Å². The number of benzene rings is 1. The molecule has 0 bridgehead atoms. The number of nitrogens with one attached hydrogen (secondary N) is 2. The topological polar surface area (TPSA) is 50.4 Å². The second kappa shape index (κ2) is 6.84. The number of rotatable bonds is 5. The smallest absolute Gasteiger partial charge is 0.406 e. The van der Waals surface area contributed by atoms with Gasteiger partial charge in [0.2, 0.25) is 0 Å². The van der Waals surface area contributed by atoms with Crippen LogP contribution in [-0.2, 0) is 11.3 Å². The first-order valence-corrected chi connectivity index (χ1v) is 4.89. The van der Waals surface area contributed by atoms with Crippen molar-refractivity contribution in [2.75, 3.05) is 20.2 Å². The predicted octanol–water partition coefficient (Wildman–Crippen LogP) is 1.13. The number of methoxy groups -OCH3 is 1. The summed E-state index contributed by atoms with van der Waals surface area (Å²) in [5.41, 5.74) is 1.23. The van der Waals surface area contributed by atoms with Crippen molar-refractivity contribution in [1.82, 2.24) is 10.6 Å². The molecule has 0 aliphatic heterocycles. The molecule has 4 heteroatoms. The van der Waals surface area contributed by atoms with E-state index in [1.807, 2.05) is 18.2 Å². The lowest BCUT2D eigenvalue weighted by atomic mass is 10.2. The zero-order valence-electron chi connectivity index (χ0n) is 8.82. The van der Waals surface area contributed by atoms with E-state index in [0.717, 1.165) is 13.1 Å².